The number of nitriles is 1. The molecule has 3 N–H and O–H groups in total. The van der Waals surface area contributed by atoms with Gasteiger partial charge >= 0.3 is 0 Å². The van der Waals surface area contributed by atoms with Crippen LogP contribution in [0.2, 0.25) is 10.0 Å². The molecular formula is C17H10Cl2N4OS. The Labute approximate surface area is 157 Å². The zero-order valence-electron chi connectivity index (χ0n) is 12.6. The van der Waals surface area contributed by atoms with E-state index in [1.807, 2.05) is 23.6 Å². The van der Waals surface area contributed by atoms with E-state index < -0.39 is 5.92 Å². The number of nitrogens with two attached hydrogens (primary N) is 1. The van der Waals surface area contributed by atoms with E-state index in [0.717, 1.165) is 16.1 Å². The summed E-state index contributed by atoms with van der Waals surface area (Å²) >= 11 is 14.2. The molecule has 3 heterocycles. The van der Waals surface area contributed by atoms with Crippen molar-refractivity contribution >= 4 is 34.5 Å². The van der Waals surface area contributed by atoms with Crippen molar-refractivity contribution in [2.45, 2.75) is 5.92 Å². The van der Waals surface area contributed by atoms with E-state index >= 15 is 0 Å². The number of aromatic nitrogens is 2. The monoisotopic (exact) mass is 388 g/mol. The van der Waals surface area contributed by atoms with Crippen molar-refractivity contribution in [3.05, 3.63) is 68.3 Å². The highest BCUT2D eigenvalue weighted by molar-refractivity contribution is 7.13. The van der Waals surface area contributed by atoms with Crippen molar-refractivity contribution in [1.29, 1.82) is 5.26 Å². The number of nitrogens with zero attached hydrogens (tertiary/aromatic N) is 2. The maximum atomic E-state index is 9.67. The first kappa shape index (κ1) is 16.0. The third-order valence-corrected chi connectivity index (χ3v) is 5.72. The van der Waals surface area contributed by atoms with Crippen molar-refractivity contribution in [2.24, 2.45) is 5.73 Å². The van der Waals surface area contributed by atoms with Crippen LogP contribution in [-0.2, 0) is 0 Å². The summed E-state index contributed by atoms with van der Waals surface area (Å²) in [4.78, 5) is 0.971. The molecule has 0 saturated heterocycles. The molecule has 1 atom stereocenters. The van der Waals surface area contributed by atoms with Crippen molar-refractivity contribution in [3.63, 3.8) is 0 Å². The number of benzene rings is 1. The summed E-state index contributed by atoms with van der Waals surface area (Å²) in [5.41, 5.74) is 8.40. The van der Waals surface area contributed by atoms with Crippen molar-refractivity contribution in [2.75, 3.05) is 0 Å². The normalized spacial score (nSPS) is 16.3. The Kier molecular flexibility index (Phi) is 3.92. The smallest absolute Gasteiger partial charge is 0.244 e. The molecule has 0 radical (unpaired) electrons. The van der Waals surface area contributed by atoms with Gasteiger partial charge in [0.15, 0.2) is 0 Å². The number of halogens is 2. The molecule has 1 unspecified atom stereocenters. The van der Waals surface area contributed by atoms with Crippen LogP contribution >= 0.6 is 34.5 Å². The van der Waals surface area contributed by atoms with Crippen LogP contribution in [0.1, 0.15) is 17.0 Å². The second-order valence-corrected chi connectivity index (χ2v) is 7.10. The molecule has 124 valence electrons. The number of hydrogen-bond acceptors (Lipinski definition) is 5. The number of hydrogen-bond donors (Lipinski definition) is 2. The van der Waals surface area contributed by atoms with Gasteiger partial charge in [-0.2, -0.15) is 5.26 Å². The average molecular weight is 389 g/mol. The summed E-state index contributed by atoms with van der Waals surface area (Å²) in [5, 5.41) is 19.6. The Balaban J connectivity index is 2.01. The molecule has 1 aliphatic rings. The van der Waals surface area contributed by atoms with Gasteiger partial charge in [-0.3, -0.25) is 5.10 Å². The van der Waals surface area contributed by atoms with E-state index in [0.29, 0.717) is 21.5 Å². The first-order valence-corrected chi connectivity index (χ1v) is 8.89. The fraction of sp³-hybridized carbons (Fsp3) is 0.0588. The second kappa shape index (κ2) is 6.12. The molecule has 5 nitrogen and oxygen atoms in total. The third-order valence-electron chi connectivity index (χ3n) is 4.00. The fourth-order valence-electron chi connectivity index (χ4n) is 2.91. The van der Waals surface area contributed by atoms with Crippen LogP contribution in [0.3, 0.4) is 0 Å². The molecule has 1 aliphatic heterocycles. The summed E-state index contributed by atoms with van der Waals surface area (Å²) in [6.07, 6.45) is 0. The number of rotatable bonds is 2. The number of allylic oxidation sites excluding steroid dienone is 1. The summed E-state index contributed by atoms with van der Waals surface area (Å²) < 4.78 is 5.56. The Morgan fingerprint density at radius 1 is 1.28 bits per heavy atom. The Bertz CT molecular complexity index is 1030. The highest BCUT2D eigenvalue weighted by atomic mass is 35.5. The van der Waals surface area contributed by atoms with E-state index in [-0.39, 0.29) is 11.5 Å². The lowest BCUT2D eigenvalue weighted by molar-refractivity contribution is 0.379. The van der Waals surface area contributed by atoms with Crippen molar-refractivity contribution in [3.8, 4) is 22.5 Å². The number of fused-ring (bicyclic) bond motifs is 1. The van der Waals surface area contributed by atoms with Gasteiger partial charge in [-0.05, 0) is 23.1 Å². The average Bonchev–Trinajstić information content (AvgIpc) is 3.25. The van der Waals surface area contributed by atoms with E-state index in [2.05, 4.69) is 16.3 Å². The van der Waals surface area contributed by atoms with Gasteiger partial charge in [0.05, 0.1) is 32.1 Å². The number of nitrogens with one attached hydrogen (secondary N) is 1. The maximum Gasteiger partial charge on any atom is 0.244 e. The molecule has 0 amide bonds. The summed E-state index contributed by atoms with van der Waals surface area (Å²) in [6.45, 7) is 0. The molecule has 0 aliphatic carbocycles. The van der Waals surface area contributed by atoms with Crippen LogP contribution in [-0.4, -0.2) is 10.2 Å². The molecule has 0 fully saturated rings. The predicted octanol–water partition coefficient (Wildman–Crippen LogP) is 4.66. The zero-order chi connectivity index (χ0) is 17.6. The quantitative estimate of drug-likeness (QED) is 0.667. The first-order chi connectivity index (χ1) is 12.1. The number of thiophene rings is 1. The van der Waals surface area contributed by atoms with E-state index in [1.54, 1.807) is 23.5 Å². The maximum absolute atomic E-state index is 9.67. The van der Waals surface area contributed by atoms with Crippen molar-refractivity contribution in [1.82, 2.24) is 10.2 Å². The SMILES string of the molecule is N#CC1=C(N)Oc2n[nH]c(-c3cccs3)c2C1c1cccc(Cl)c1Cl. The van der Waals surface area contributed by atoms with Crippen LogP contribution in [0.5, 0.6) is 5.88 Å². The van der Waals surface area contributed by atoms with Crippen LogP contribution < -0.4 is 10.5 Å². The van der Waals surface area contributed by atoms with Crippen LogP contribution in [0.4, 0.5) is 0 Å². The minimum absolute atomic E-state index is 0.0141. The van der Waals surface area contributed by atoms with E-state index in [9.17, 15) is 5.26 Å². The van der Waals surface area contributed by atoms with E-state index in [4.69, 9.17) is 33.7 Å². The van der Waals surface area contributed by atoms with Crippen molar-refractivity contribution < 1.29 is 4.74 Å². The zero-order valence-corrected chi connectivity index (χ0v) is 14.9. The van der Waals surface area contributed by atoms with Gasteiger partial charge in [0.25, 0.3) is 0 Å². The Hall–Kier alpha value is -2.46. The lowest BCUT2D eigenvalue weighted by Gasteiger charge is -2.24. The van der Waals surface area contributed by atoms with Gasteiger partial charge < -0.3 is 10.5 Å². The molecule has 25 heavy (non-hydrogen) atoms. The molecule has 1 aromatic carbocycles. The summed E-state index contributed by atoms with van der Waals surface area (Å²) in [6, 6.07) is 11.3. The van der Waals surface area contributed by atoms with Gasteiger partial charge in [0.2, 0.25) is 11.8 Å². The third kappa shape index (κ3) is 2.48. The minimum atomic E-state index is -0.518. The Morgan fingerprint density at radius 3 is 2.84 bits per heavy atom. The molecule has 0 bridgehead atoms. The van der Waals surface area contributed by atoms with Crippen LogP contribution in [0.15, 0.2) is 47.2 Å². The van der Waals surface area contributed by atoms with Gasteiger partial charge in [-0.1, -0.05) is 41.4 Å². The fourth-order valence-corrected chi connectivity index (χ4v) is 4.06. The molecular weight excluding hydrogens is 379 g/mol. The lowest BCUT2D eigenvalue weighted by atomic mass is 9.84. The summed E-state index contributed by atoms with van der Waals surface area (Å²) in [7, 11) is 0. The second-order valence-electron chi connectivity index (χ2n) is 5.36. The standard InChI is InChI=1S/C17H10Cl2N4OS/c18-10-4-1-3-8(14(10)19)12-9(7-20)16(21)24-17-13(12)15(22-23-17)11-5-2-6-25-11/h1-6,12H,21H2,(H,22,23). The molecule has 3 aromatic rings. The number of aromatic amines is 1. The number of ether oxygens (including phenoxy) is 1. The van der Waals surface area contributed by atoms with Gasteiger partial charge in [0.1, 0.15) is 11.6 Å². The van der Waals surface area contributed by atoms with Crippen LogP contribution in [0, 0.1) is 11.3 Å². The number of H-pyrrole nitrogens is 1. The highest BCUT2D eigenvalue weighted by Gasteiger charge is 2.37. The predicted molar refractivity (Wildman–Crippen MR) is 97.7 cm³/mol. The van der Waals surface area contributed by atoms with Gasteiger partial charge in [-0.15, -0.1) is 16.4 Å². The van der Waals surface area contributed by atoms with Crippen LogP contribution in [0.25, 0.3) is 10.6 Å². The molecule has 0 saturated carbocycles. The lowest BCUT2D eigenvalue weighted by Crippen LogP contribution is -2.21. The molecule has 0 spiro atoms. The minimum Gasteiger partial charge on any atom is -0.420 e. The molecule has 4 rings (SSSR count). The van der Waals surface area contributed by atoms with E-state index in [1.165, 1.54) is 0 Å². The summed E-state index contributed by atoms with van der Waals surface area (Å²) in [5.74, 6) is -0.169. The highest BCUT2D eigenvalue weighted by Crippen LogP contribution is 2.48. The first-order valence-electron chi connectivity index (χ1n) is 7.25. The molecule has 8 heteroatoms. The molecule has 2 aromatic heterocycles. The van der Waals surface area contributed by atoms with Gasteiger partial charge in [0, 0.05) is 0 Å². The largest absolute Gasteiger partial charge is 0.420 e. The topological polar surface area (TPSA) is 87.7 Å². The Morgan fingerprint density at radius 2 is 2.12 bits per heavy atom. The van der Waals surface area contributed by atoms with Gasteiger partial charge in [-0.25, -0.2) is 0 Å².